The predicted octanol–water partition coefficient (Wildman–Crippen LogP) is 7.52. The van der Waals surface area contributed by atoms with E-state index in [0.717, 1.165) is 34.1 Å². The summed E-state index contributed by atoms with van der Waals surface area (Å²) in [7, 11) is 0. The number of nitrogens with one attached hydrogen (secondary N) is 1. The van der Waals surface area contributed by atoms with Gasteiger partial charge in [-0.05, 0) is 48.2 Å². The number of fused-ring (bicyclic) bond motifs is 2. The van der Waals surface area contributed by atoms with E-state index < -0.39 is 0 Å². The third kappa shape index (κ3) is 4.54. The summed E-state index contributed by atoms with van der Waals surface area (Å²) in [6.07, 6.45) is 1.10. The van der Waals surface area contributed by atoms with Crippen LogP contribution >= 0.6 is 11.3 Å². The maximum atomic E-state index is 13.5. The second kappa shape index (κ2) is 9.67. The van der Waals surface area contributed by atoms with Gasteiger partial charge in [-0.15, -0.1) is 11.3 Å². The summed E-state index contributed by atoms with van der Waals surface area (Å²) in [5.41, 5.74) is 6.00. The van der Waals surface area contributed by atoms with E-state index in [1.54, 1.807) is 0 Å². The molecule has 184 valence electrons. The van der Waals surface area contributed by atoms with E-state index >= 15 is 0 Å². The van der Waals surface area contributed by atoms with Crippen molar-refractivity contribution in [3.05, 3.63) is 89.3 Å². The van der Waals surface area contributed by atoms with Crippen molar-refractivity contribution < 1.29 is 14.3 Å². The van der Waals surface area contributed by atoms with Crippen molar-refractivity contribution in [3.63, 3.8) is 0 Å². The fourth-order valence-electron chi connectivity index (χ4n) is 4.41. The Morgan fingerprint density at radius 2 is 1.73 bits per heavy atom. The van der Waals surface area contributed by atoms with Gasteiger partial charge in [-0.25, -0.2) is 9.97 Å². The van der Waals surface area contributed by atoms with E-state index in [1.165, 1.54) is 16.9 Å². The van der Waals surface area contributed by atoms with Gasteiger partial charge in [0.25, 0.3) is 5.91 Å². The van der Waals surface area contributed by atoms with E-state index in [4.69, 9.17) is 14.5 Å². The normalized spacial score (nSPS) is 13.0. The standard InChI is InChI=1S/C30H25N3O3S/c1-3-18(2)19-8-10-20(11-9-19)26-16-37-30(32-26)33-29(34)23-15-25(31-24-7-5-4-6-22(23)24)21-12-13-27-28(14-21)36-17-35-27/h4-16,18H,3,17H2,1-2H3,(H,32,33,34). The number of rotatable bonds is 6. The summed E-state index contributed by atoms with van der Waals surface area (Å²) in [6, 6.07) is 23.6. The summed E-state index contributed by atoms with van der Waals surface area (Å²) in [5, 5.41) is 6.30. The zero-order valence-electron chi connectivity index (χ0n) is 20.5. The minimum atomic E-state index is -0.228. The Morgan fingerprint density at radius 1 is 0.946 bits per heavy atom. The maximum absolute atomic E-state index is 13.5. The van der Waals surface area contributed by atoms with Gasteiger partial charge in [0.05, 0.1) is 22.5 Å². The molecule has 0 bridgehead atoms. The highest BCUT2D eigenvalue weighted by Gasteiger charge is 2.18. The van der Waals surface area contributed by atoms with Crippen molar-refractivity contribution in [2.75, 3.05) is 12.1 Å². The van der Waals surface area contributed by atoms with E-state index in [0.29, 0.717) is 33.8 Å². The average molecular weight is 508 g/mol. The molecule has 1 N–H and O–H groups in total. The molecule has 1 aliphatic rings. The monoisotopic (exact) mass is 507 g/mol. The summed E-state index contributed by atoms with van der Waals surface area (Å²) in [4.78, 5) is 23.0. The quantitative estimate of drug-likeness (QED) is 0.257. The molecule has 0 radical (unpaired) electrons. The molecular weight excluding hydrogens is 482 g/mol. The topological polar surface area (TPSA) is 73.3 Å². The number of amides is 1. The molecule has 0 spiro atoms. The molecule has 2 aromatic heterocycles. The Hall–Kier alpha value is -4.23. The number of hydrogen-bond donors (Lipinski definition) is 1. The molecule has 3 heterocycles. The number of anilines is 1. The van der Waals surface area contributed by atoms with Crippen molar-refractivity contribution in [2.24, 2.45) is 0 Å². The minimum absolute atomic E-state index is 0.204. The Bertz CT molecular complexity index is 1610. The van der Waals surface area contributed by atoms with Crippen LogP contribution in [0.3, 0.4) is 0 Å². The van der Waals surface area contributed by atoms with Crippen LogP contribution in [-0.2, 0) is 0 Å². The lowest BCUT2D eigenvalue weighted by atomic mass is 9.97. The van der Waals surface area contributed by atoms with Crippen LogP contribution in [0.15, 0.2) is 78.2 Å². The van der Waals surface area contributed by atoms with E-state index in [9.17, 15) is 4.79 Å². The molecule has 0 fully saturated rings. The van der Waals surface area contributed by atoms with Gasteiger partial charge in [0.15, 0.2) is 16.6 Å². The van der Waals surface area contributed by atoms with E-state index in [1.807, 2.05) is 53.9 Å². The molecule has 37 heavy (non-hydrogen) atoms. The number of nitrogens with zero attached hydrogens (tertiary/aromatic N) is 2. The SMILES string of the molecule is CCC(C)c1ccc(-c2csc(NC(=O)c3cc(-c4ccc5c(c4)OCO5)nc4ccccc34)n2)cc1. The molecule has 5 aromatic rings. The largest absolute Gasteiger partial charge is 0.454 e. The molecule has 1 unspecified atom stereocenters. The Balaban J connectivity index is 1.29. The summed E-state index contributed by atoms with van der Waals surface area (Å²) in [6.45, 7) is 4.62. The number of aromatic nitrogens is 2. The summed E-state index contributed by atoms with van der Waals surface area (Å²) in [5.74, 6) is 1.67. The van der Waals surface area contributed by atoms with Gasteiger partial charge in [0.2, 0.25) is 6.79 Å². The Morgan fingerprint density at radius 3 is 2.57 bits per heavy atom. The molecule has 1 aliphatic heterocycles. The highest BCUT2D eigenvalue weighted by Crippen LogP contribution is 2.36. The lowest BCUT2D eigenvalue weighted by molar-refractivity contribution is 0.102. The van der Waals surface area contributed by atoms with Gasteiger partial charge in [-0.3, -0.25) is 10.1 Å². The lowest BCUT2D eigenvalue weighted by Crippen LogP contribution is -2.13. The van der Waals surface area contributed by atoms with Gasteiger partial charge >= 0.3 is 0 Å². The molecule has 0 aliphatic carbocycles. The maximum Gasteiger partial charge on any atom is 0.258 e. The number of carbonyl (C=O) groups excluding carboxylic acids is 1. The van der Waals surface area contributed by atoms with Crippen molar-refractivity contribution in [3.8, 4) is 34.0 Å². The number of benzene rings is 3. The van der Waals surface area contributed by atoms with Gasteiger partial charge in [0, 0.05) is 21.9 Å². The van der Waals surface area contributed by atoms with Crippen LogP contribution in [0.5, 0.6) is 11.5 Å². The number of hydrogen-bond acceptors (Lipinski definition) is 6. The van der Waals surface area contributed by atoms with Crippen molar-refractivity contribution >= 4 is 33.3 Å². The molecule has 1 amide bonds. The smallest absolute Gasteiger partial charge is 0.258 e. The molecule has 0 saturated heterocycles. The van der Waals surface area contributed by atoms with Crippen molar-refractivity contribution in [1.29, 1.82) is 0 Å². The zero-order valence-corrected chi connectivity index (χ0v) is 21.3. The summed E-state index contributed by atoms with van der Waals surface area (Å²) >= 11 is 1.41. The van der Waals surface area contributed by atoms with Crippen LogP contribution < -0.4 is 14.8 Å². The lowest BCUT2D eigenvalue weighted by Gasteiger charge is -2.10. The second-order valence-electron chi connectivity index (χ2n) is 9.06. The van der Waals surface area contributed by atoms with Gasteiger partial charge in [0.1, 0.15) is 0 Å². The number of pyridine rings is 1. The average Bonchev–Trinajstić information content (AvgIpc) is 3.61. The highest BCUT2D eigenvalue weighted by molar-refractivity contribution is 7.14. The molecule has 1 atom stereocenters. The fourth-order valence-corrected chi connectivity index (χ4v) is 5.13. The van der Waals surface area contributed by atoms with Crippen LogP contribution in [-0.4, -0.2) is 22.7 Å². The fraction of sp³-hybridized carbons (Fsp3) is 0.167. The third-order valence-electron chi connectivity index (χ3n) is 6.74. The molecule has 0 saturated carbocycles. The van der Waals surface area contributed by atoms with E-state index in [2.05, 4.69) is 48.4 Å². The van der Waals surface area contributed by atoms with Gasteiger partial charge in [-0.1, -0.05) is 56.3 Å². The Labute approximate surface area is 218 Å². The van der Waals surface area contributed by atoms with Crippen LogP contribution in [0.2, 0.25) is 0 Å². The van der Waals surface area contributed by atoms with E-state index in [-0.39, 0.29) is 12.7 Å². The predicted molar refractivity (Wildman–Crippen MR) is 148 cm³/mol. The van der Waals surface area contributed by atoms with Crippen molar-refractivity contribution in [1.82, 2.24) is 9.97 Å². The molecule has 7 heteroatoms. The van der Waals surface area contributed by atoms with Crippen LogP contribution in [0.1, 0.15) is 42.1 Å². The van der Waals surface area contributed by atoms with Crippen LogP contribution in [0.25, 0.3) is 33.4 Å². The molecule has 6 rings (SSSR count). The first-order valence-electron chi connectivity index (χ1n) is 12.3. The Kier molecular flexibility index (Phi) is 6.06. The van der Waals surface area contributed by atoms with Crippen LogP contribution in [0.4, 0.5) is 5.13 Å². The zero-order chi connectivity index (χ0) is 25.4. The first-order chi connectivity index (χ1) is 18.1. The number of para-hydroxylation sites is 1. The van der Waals surface area contributed by atoms with Gasteiger partial charge < -0.3 is 9.47 Å². The van der Waals surface area contributed by atoms with Crippen LogP contribution in [0, 0.1) is 0 Å². The van der Waals surface area contributed by atoms with Gasteiger partial charge in [-0.2, -0.15) is 0 Å². The third-order valence-corrected chi connectivity index (χ3v) is 7.50. The molecular formula is C30H25N3O3S. The second-order valence-corrected chi connectivity index (χ2v) is 9.92. The molecule has 3 aromatic carbocycles. The number of thiazole rings is 1. The molecule has 6 nitrogen and oxygen atoms in total. The number of ether oxygens (including phenoxy) is 2. The van der Waals surface area contributed by atoms with Crippen molar-refractivity contribution in [2.45, 2.75) is 26.2 Å². The highest BCUT2D eigenvalue weighted by atomic mass is 32.1. The first-order valence-corrected chi connectivity index (χ1v) is 13.1. The first kappa shape index (κ1) is 23.2. The minimum Gasteiger partial charge on any atom is -0.454 e. The number of carbonyl (C=O) groups is 1. The summed E-state index contributed by atoms with van der Waals surface area (Å²) < 4.78 is 11.0.